The van der Waals surface area contributed by atoms with E-state index in [-0.39, 0.29) is 11.4 Å². The fraction of sp³-hybridized carbons (Fsp3) is 0. The van der Waals surface area contributed by atoms with Crippen molar-refractivity contribution in [2.45, 2.75) is 0 Å². The van der Waals surface area contributed by atoms with Gasteiger partial charge in [0, 0.05) is 28.1 Å². The average Bonchev–Trinajstić information content (AvgIpc) is 2.58. The maximum absolute atomic E-state index is 13.2. The highest BCUT2D eigenvalue weighted by Crippen LogP contribution is 2.13. The summed E-state index contributed by atoms with van der Waals surface area (Å²) in [6, 6.07) is 12.3. The van der Waals surface area contributed by atoms with Gasteiger partial charge in [0.25, 0.3) is 11.5 Å². The number of benzene rings is 2. The maximum atomic E-state index is 13.2. The topological polar surface area (TPSA) is 64.0 Å². The molecular weight excluding hydrogens is 377 g/mol. The lowest BCUT2D eigenvalue weighted by atomic mass is 10.2. The Kier molecular flexibility index (Phi) is 4.52. The first-order chi connectivity index (χ1) is 11.5. The van der Waals surface area contributed by atoms with Crippen LogP contribution in [-0.2, 0) is 0 Å². The molecule has 0 atom stereocenters. The summed E-state index contributed by atoms with van der Waals surface area (Å²) in [4.78, 5) is 28.5. The molecular formula is C17H11BrFN3O2. The first kappa shape index (κ1) is 16.1. The van der Waals surface area contributed by atoms with Crippen molar-refractivity contribution in [2.24, 2.45) is 0 Å². The highest BCUT2D eigenvalue weighted by molar-refractivity contribution is 9.10. The SMILES string of the molecule is O=C(Nc1nccn(-c2ccc(Br)cc2)c1=O)c1cccc(F)c1. The van der Waals surface area contributed by atoms with Crippen LogP contribution in [-0.4, -0.2) is 15.5 Å². The monoisotopic (exact) mass is 387 g/mol. The molecule has 1 amide bonds. The molecule has 0 saturated carbocycles. The predicted molar refractivity (Wildman–Crippen MR) is 91.9 cm³/mol. The van der Waals surface area contributed by atoms with E-state index in [2.05, 4.69) is 26.2 Å². The van der Waals surface area contributed by atoms with Gasteiger partial charge in [-0.1, -0.05) is 22.0 Å². The molecule has 0 unspecified atom stereocenters. The van der Waals surface area contributed by atoms with Crippen molar-refractivity contribution in [3.05, 3.63) is 87.1 Å². The highest BCUT2D eigenvalue weighted by Gasteiger charge is 2.12. The zero-order valence-electron chi connectivity index (χ0n) is 12.2. The van der Waals surface area contributed by atoms with Crippen molar-refractivity contribution in [3.8, 4) is 5.69 Å². The van der Waals surface area contributed by atoms with E-state index in [4.69, 9.17) is 0 Å². The molecule has 5 nitrogen and oxygen atoms in total. The largest absolute Gasteiger partial charge is 0.302 e. The van der Waals surface area contributed by atoms with Gasteiger partial charge >= 0.3 is 0 Å². The molecule has 0 bridgehead atoms. The summed E-state index contributed by atoms with van der Waals surface area (Å²) in [6.45, 7) is 0. The summed E-state index contributed by atoms with van der Waals surface area (Å²) < 4.78 is 15.4. The van der Waals surface area contributed by atoms with Gasteiger partial charge in [-0.05, 0) is 42.5 Å². The molecule has 1 heterocycles. The summed E-state index contributed by atoms with van der Waals surface area (Å²) in [7, 11) is 0. The number of hydrogen-bond acceptors (Lipinski definition) is 3. The van der Waals surface area contributed by atoms with Gasteiger partial charge in [0.05, 0.1) is 0 Å². The Morgan fingerprint density at radius 2 is 1.92 bits per heavy atom. The van der Waals surface area contributed by atoms with Crippen molar-refractivity contribution in [1.82, 2.24) is 9.55 Å². The van der Waals surface area contributed by atoms with Crippen LogP contribution in [0.25, 0.3) is 5.69 Å². The first-order valence-corrected chi connectivity index (χ1v) is 7.74. The first-order valence-electron chi connectivity index (χ1n) is 6.95. The zero-order chi connectivity index (χ0) is 17.1. The molecule has 0 aliphatic rings. The summed E-state index contributed by atoms with van der Waals surface area (Å²) in [5.41, 5.74) is 0.256. The summed E-state index contributed by atoms with van der Waals surface area (Å²) in [5.74, 6) is -1.27. The predicted octanol–water partition coefficient (Wildman–Crippen LogP) is 3.39. The lowest BCUT2D eigenvalue weighted by Crippen LogP contribution is -2.26. The normalized spacial score (nSPS) is 10.4. The standard InChI is InChI=1S/C17H11BrFN3O2/c18-12-4-6-14(7-5-12)22-9-8-20-15(17(22)24)21-16(23)11-2-1-3-13(19)10-11/h1-10H,(H,20,21,23). The van der Waals surface area contributed by atoms with E-state index in [0.29, 0.717) is 5.69 Å². The molecule has 0 spiro atoms. The third-order valence-corrected chi connectivity index (χ3v) is 3.79. The Bertz CT molecular complexity index is 955. The molecule has 0 fully saturated rings. The number of anilines is 1. The van der Waals surface area contributed by atoms with E-state index >= 15 is 0 Å². The van der Waals surface area contributed by atoms with Crippen molar-refractivity contribution in [3.63, 3.8) is 0 Å². The van der Waals surface area contributed by atoms with Crippen molar-refractivity contribution < 1.29 is 9.18 Å². The number of aromatic nitrogens is 2. The molecule has 0 radical (unpaired) electrons. The second-order valence-corrected chi connectivity index (χ2v) is 5.81. The van der Waals surface area contributed by atoms with Gasteiger partial charge in [-0.15, -0.1) is 0 Å². The number of nitrogens with one attached hydrogen (secondary N) is 1. The number of carbonyl (C=O) groups excluding carboxylic acids is 1. The molecule has 3 rings (SSSR count). The van der Waals surface area contributed by atoms with Crippen molar-refractivity contribution >= 4 is 27.7 Å². The van der Waals surface area contributed by atoms with Crippen LogP contribution in [0.15, 0.2) is 70.2 Å². The van der Waals surface area contributed by atoms with Crippen molar-refractivity contribution in [1.29, 1.82) is 0 Å². The van der Waals surface area contributed by atoms with E-state index in [0.717, 1.165) is 10.5 Å². The maximum Gasteiger partial charge on any atom is 0.298 e. The van der Waals surface area contributed by atoms with Gasteiger partial charge in [-0.2, -0.15) is 0 Å². The van der Waals surface area contributed by atoms with E-state index in [9.17, 15) is 14.0 Å². The Labute approximate surface area is 144 Å². The molecule has 1 aromatic heterocycles. The molecule has 1 N–H and O–H groups in total. The molecule has 120 valence electrons. The highest BCUT2D eigenvalue weighted by atomic mass is 79.9. The fourth-order valence-electron chi connectivity index (χ4n) is 2.11. The minimum Gasteiger partial charge on any atom is -0.302 e. The number of halogens is 2. The van der Waals surface area contributed by atoms with Crippen LogP contribution in [0, 0.1) is 5.82 Å². The minimum absolute atomic E-state index is 0.107. The number of amides is 1. The third-order valence-electron chi connectivity index (χ3n) is 3.26. The molecule has 0 aliphatic heterocycles. The minimum atomic E-state index is -0.604. The summed E-state index contributed by atoms with van der Waals surface area (Å²) >= 11 is 3.33. The molecule has 24 heavy (non-hydrogen) atoms. The molecule has 2 aromatic carbocycles. The molecule has 0 saturated heterocycles. The fourth-order valence-corrected chi connectivity index (χ4v) is 2.38. The summed E-state index contributed by atoms with van der Waals surface area (Å²) in [5, 5.41) is 2.42. The third kappa shape index (κ3) is 3.41. The molecule has 0 aliphatic carbocycles. The van der Waals surface area contributed by atoms with Crippen LogP contribution in [0.1, 0.15) is 10.4 Å². The van der Waals surface area contributed by atoms with Gasteiger partial charge in [0.1, 0.15) is 5.82 Å². The Morgan fingerprint density at radius 1 is 1.17 bits per heavy atom. The Balaban J connectivity index is 1.92. The quantitative estimate of drug-likeness (QED) is 0.748. The molecule has 7 heteroatoms. The van der Waals surface area contributed by atoms with E-state index in [1.54, 1.807) is 24.3 Å². The number of nitrogens with zero attached hydrogens (tertiary/aromatic N) is 2. The van der Waals surface area contributed by atoms with Gasteiger partial charge in [0.15, 0.2) is 5.82 Å². The van der Waals surface area contributed by atoms with Crippen LogP contribution in [0.2, 0.25) is 0 Å². The lowest BCUT2D eigenvalue weighted by Gasteiger charge is -2.08. The van der Waals surface area contributed by atoms with Gasteiger partial charge in [-0.25, -0.2) is 9.37 Å². The summed E-state index contributed by atoms with van der Waals surface area (Å²) in [6.07, 6.45) is 2.91. The Morgan fingerprint density at radius 3 is 2.62 bits per heavy atom. The number of carbonyl (C=O) groups is 1. The van der Waals surface area contributed by atoms with Crippen LogP contribution in [0.5, 0.6) is 0 Å². The van der Waals surface area contributed by atoms with Gasteiger partial charge in [0.2, 0.25) is 0 Å². The van der Waals surface area contributed by atoms with E-state index < -0.39 is 17.3 Å². The molecule has 3 aromatic rings. The van der Waals surface area contributed by atoms with Crippen molar-refractivity contribution in [2.75, 3.05) is 5.32 Å². The van der Waals surface area contributed by atoms with Crippen LogP contribution in [0.3, 0.4) is 0 Å². The number of hydrogen-bond donors (Lipinski definition) is 1. The lowest BCUT2D eigenvalue weighted by molar-refractivity contribution is 0.102. The smallest absolute Gasteiger partial charge is 0.298 e. The van der Waals surface area contributed by atoms with Crippen LogP contribution < -0.4 is 10.9 Å². The van der Waals surface area contributed by atoms with Crippen LogP contribution in [0.4, 0.5) is 10.2 Å². The van der Waals surface area contributed by atoms with E-state index in [1.165, 1.54) is 35.2 Å². The second-order valence-electron chi connectivity index (χ2n) is 4.89. The zero-order valence-corrected chi connectivity index (χ0v) is 13.8. The Hall–Kier alpha value is -2.80. The van der Waals surface area contributed by atoms with Gasteiger partial charge < -0.3 is 5.32 Å². The van der Waals surface area contributed by atoms with E-state index in [1.807, 2.05) is 0 Å². The number of rotatable bonds is 3. The van der Waals surface area contributed by atoms with Gasteiger partial charge in [-0.3, -0.25) is 14.2 Å². The second kappa shape index (κ2) is 6.76. The average molecular weight is 388 g/mol. The van der Waals surface area contributed by atoms with Crippen LogP contribution >= 0.6 is 15.9 Å².